The molecule has 3 rings (SSSR count). The highest BCUT2D eigenvalue weighted by Crippen LogP contribution is 2.10. The quantitative estimate of drug-likeness (QED) is 0.119. The normalized spacial score (nSPS) is 17.9. The van der Waals surface area contributed by atoms with Gasteiger partial charge in [0.05, 0.1) is 78.4 Å². The first-order valence-corrected chi connectivity index (χ1v) is 15.6. The predicted molar refractivity (Wildman–Crippen MR) is 159 cm³/mol. The molecule has 0 bridgehead atoms. The molecule has 3 aliphatic heterocycles. The van der Waals surface area contributed by atoms with Crippen LogP contribution in [0.5, 0.6) is 0 Å². The SMILES string of the molecule is NCCCCC(C(=O)NCC(=O)N1CCOCC1)N(CC(=O)NCC(=O)N1CCOCC1)CC(=O)NCC(=O)N1CCOCC1. The number of rotatable bonds is 16. The molecular formula is C28H48N8O9. The molecule has 6 amide bonds. The van der Waals surface area contributed by atoms with Crippen molar-refractivity contribution < 1.29 is 43.0 Å². The molecule has 1 atom stereocenters. The number of amides is 6. The van der Waals surface area contributed by atoms with Crippen molar-refractivity contribution in [3.8, 4) is 0 Å². The Kier molecular flexibility index (Phi) is 16.0. The largest absolute Gasteiger partial charge is 0.378 e. The summed E-state index contributed by atoms with van der Waals surface area (Å²) in [4.78, 5) is 83.6. The lowest BCUT2D eigenvalue weighted by atomic mass is 10.1. The lowest BCUT2D eigenvalue weighted by molar-refractivity contribution is -0.139. The summed E-state index contributed by atoms with van der Waals surface area (Å²) in [6.07, 6.45) is 1.39. The van der Waals surface area contributed by atoms with Crippen LogP contribution in [-0.2, 0) is 43.0 Å². The Labute approximate surface area is 263 Å². The van der Waals surface area contributed by atoms with Crippen LogP contribution < -0.4 is 21.7 Å². The van der Waals surface area contributed by atoms with Gasteiger partial charge >= 0.3 is 0 Å². The molecule has 0 spiro atoms. The van der Waals surface area contributed by atoms with Gasteiger partial charge in [0.1, 0.15) is 0 Å². The number of carbonyl (C=O) groups excluding carboxylic acids is 6. The van der Waals surface area contributed by atoms with E-state index in [1.165, 1.54) is 4.90 Å². The molecule has 45 heavy (non-hydrogen) atoms. The summed E-state index contributed by atoms with van der Waals surface area (Å²) >= 11 is 0. The van der Waals surface area contributed by atoms with Gasteiger partial charge in [-0.25, -0.2) is 0 Å². The highest BCUT2D eigenvalue weighted by molar-refractivity contribution is 5.90. The van der Waals surface area contributed by atoms with Crippen LogP contribution in [0.2, 0.25) is 0 Å². The van der Waals surface area contributed by atoms with Crippen molar-refractivity contribution in [2.24, 2.45) is 5.73 Å². The number of nitrogens with zero attached hydrogens (tertiary/aromatic N) is 4. The average Bonchev–Trinajstić information content (AvgIpc) is 3.07. The Morgan fingerprint density at radius 2 is 0.978 bits per heavy atom. The lowest BCUT2D eigenvalue weighted by Crippen LogP contribution is -2.55. The second-order valence-corrected chi connectivity index (χ2v) is 11.0. The molecule has 3 saturated heterocycles. The van der Waals surface area contributed by atoms with E-state index < -0.39 is 23.8 Å². The second-order valence-electron chi connectivity index (χ2n) is 11.0. The van der Waals surface area contributed by atoms with E-state index in [9.17, 15) is 28.8 Å². The number of hydrogen-bond acceptors (Lipinski definition) is 11. The van der Waals surface area contributed by atoms with E-state index in [0.717, 1.165) is 0 Å². The second kappa shape index (κ2) is 19.9. The van der Waals surface area contributed by atoms with Gasteiger partial charge in [-0.05, 0) is 19.4 Å². The number of carbonyl (C=O) groups is 6. The van der Waals surface area contributed by atoms with E-state index in [1.807, 2.05) is 0 Å². The van der Waals surface area contributed by atoms with Crippen LogP contribution in [0.1, 0.15) is 19.3 Å². The van der Waals surface area contributed by atoms with E-state index in [1.54, 1.807) is 14.7 Å². The summed E-state index contributed by atoms with van der Waals surface area (Å²) in [7, 11) is 0. The van der Waals surface area contributed by atoms with Crippen LogP contribution in [0.3, 0.4) is 0 Å². The van der Waals surface area contributed by atoms with Gasteiger partial charge in [0.15, 0.2) is 0 Å². The Bertz CT molecular complexity index is 951. The smallest absolute Gasteiger partial charge is 0.242 e. The number of ether oxygens (including phenoxy) is 3. The van der Waals surface area contributed by atoms with Crippen molar-refractivity contribution in [1.82, 2.24) is 35.6 Å². The summed E-state index contributed by atoms with van der Waals surface area (Å²) in [6.45, 7) is 3.97. The number of unbranched alkanes of at least 4 members (excludes halogenated alkanes) is 1. The highest BCUT2D eigenvalue weighted by atomic mass is 16.5. The maximum Gasteiger partial charge on any atom is 0.242 e. The van der Waals surface area contributed by atoms with Gasteiger partial charge < -0.3 is 50.6 Å². The molecule has 17 heteroatoms. The van der Waals surface area contributed by atoms with Gasteiger partial charge in [-0.2, -0.15) is 0 Å². The summed E-state index contributed by atoms with van der Waals surface area (Å²) in [5, 5.41) is 7.85. The standard InChI is InChI=1S/C28H48N8O9/c29-4-2-1-3-22(28(42)32-19-27(41)35-9-15-45-16-10-35)36(20-23(37)30-17-25(39)33-5-11-43-12-6-33)21-24(38)31-18-26(40)34-7-13-44-14-8-34/h22H,1-21,29H2,(H,30,37)(H,31,38)(H,32,42). The molecular weight excluding hydrogens is 592 g/mol. The monoisotopic (exact) mass is 640 g/mol. The van der Waals surface area contributed by atoms with E-state index in [-0.39, 0.29) is 56.9 Å². The van der Waals surface area contributed by atoms with E-state index in [0.29, 0.717) is 98.3 Å². The zero-order valence-corrected chi connectivity index (χ0v) is 26.0. The first kappa shape index (κ1) is 36.1. The highest BCUT2D eigenvalue weighted by Gasteiger charge is 2.30. The minimum absolute atomic E-state index is 0.245. The molecule has 17 nitrogen and oxygen atoms in total. The number of morpholine rings is 3. The summed E-state index contributed by atoms with van der Waals surface area (Å²) in [5.41, 5.74) is 5.68. The third-order valence-corrected chi connectivity index (χ3v) is 7.75. The Balaban J connectivity index is 1.65. The summed E-state index contributed by atoms with van der Waals surface area (Å²) in [6, 6.07) is -0.963. The first-order chi connectivity index (χ1) is 21.8. The van der Waals surface area contributed by atoms with E-state index in [2.05, 4.69) is 16.0 Å². The van der Waals surface area contributed by atoms with Crippen molar-refractivity contribution in [3.05, 3.63) is 0 Å². The van der Waals surface area contributed by atoms with Gasteiger partial charge in [0.25, 0.3) is 0 Å². The van der Waals surface area contributed by atoms with Crippen LogP contribution >= 0.6 is 0 Å². The van der Waals surface area contributed by atoms with Crippen LogP contribution in [0.4, 0.5) is 0 Å². The van der Waals surface area contributed by atoms with Crippen molar-refractivity contribution >= 4 is 35.4 Å². The first-order valence-electron chi connectivity index (χ1n) is 15.6. The maximum atomic E-state index is 13.5. The third kappa shape index (κ3) is 12.9. The fourth-order valence-electron chi connectivity index (χ4n) is 5.12. The minimum Gasteiger partial charge on any atom is -0.378 e. The zero-order valence-electron chi connectivity index (χ0n) is 26.0. The number of nitrogens with two attached hydrogens (primary N) is 1. The summed E-state index contributed by atoms with van der Waals surface area (Å²) in [5.74, 6) is -2.45. The van der Waals surface area contributed by atoms with E-state index in [4.69, 9.17) is 19.9 Å². The average molecular weight is 641 g/mol. The van der Waals surface area contributed by atoms with Crippen molar-refractivity contribution in [2.45, 2.75) is 25.3 Å². The maximum absolute atomic E-state index is 13.5. The number of nitrogens with one attached hydrogen (secondary N) is 3. The lowest BCUT2D eigenvalue weighted by Gasteiger charge is -2.31. The van der Waals surface area contributed by atoms with Crippen molar-refractivity contribution in [1.29, 1.82) is 0 Å². The van der Waals surface area contributed by atoms with Crippen LogP contribution in [-0.4, -0.2) is 179 Å². The molecule has 3 aliphatic rings. The predicted octanol–water partition coefficient (Wildman–Crippen LogP) is -4.29. The molecule has 0 aromatic carbocycles. The topological polar surface area (TPSA) is 205 Å². The molecule has 0 saturated carbocycles. The molecule has 3 heterocycles. The van der Waals surface area contributed by atoms with Crippen molar-refractivity contribution in [2.75, 3.05) is 118 Å². The zero-order chi connectivity index (χ0) is 32.4. The van der Waals surface area contributed by atoms with Crippen LogP contribution in [0.25, 0.3) is 0 Å². The minimum atomic E-state index is -0.963. The van der Waals surface area contributed by atoms with Gasteiger partial charge in [0.2, 0.25) is 35.4 Å². The molecule has 0 radical (unpaired) electrons. The molecule has 0 aromatic rings. The Morgan fingerprint density at radius 3 is 1.36 bits per heavy atom. The van der Waals surface area contributed by atoms with E-state index >= 15 is 0 Å². The summed E-state index contributed by atoms with van der Waals surface area (Å²) < 4.78 is 15.8. The van der Waals surface area contributed by atoms with Crippen LogP contribution in [0, 0.1) is 0 Å². The molecule has 0 aromatic heterocycles. The van der Waals surface area contributed by atoms with Crippen LogP contribution in [0.15, 0.2) is 0 Å². The van der Waals surface area contributed by atoms with Gasteiger partial charge in [-0.15, -0.1) is 0 Å². The number of hydrogen-bond donors (Lipinski definition) is 4. The molecule has 254 valence electrons. The molecule has 0 aliphatic carbocycles. The molecule has 5 N–H and O–H groups in total. The van der Waals surface area contributed by atoms with Gasteiger partial charge in [-0.3, -0.25) is 33.7 Å². The van der Waals surface area contributed by atoms with Crippen molar-refractivity contribution in [3.63, 3.8) is 0 Å². The fourth-order valence-corrected chi connectivity index (χ4v) is 5.12. The third-order valence-electron chi connectivity index (χ3n) is 7.75. The Morgan fingerprint density at radius 1 is 0.600 bits per heavy atom. The fraction of sp³-hybridized carbons (Fsp3) is 0.786. The van der Waals surface area contributed by atoms with Gasteiger partial charge in [-0.1, -0.05) is 6.42 Å². The Hall–Kier alpha value is -3.38. The molecule has 3 fully saturated rings. The molecule has 1 unspecified atom stereocenters. The van der Waals surface area contributed by atoms with Gasteiger partial charge in [0, 0.05) is 39.3 Å².